The van der Waals surface area contributed by atoms with Crippen LogP contribution >= 0.6 is 0 Å². The lowest BCUT2D eigenvalue weighted by atomic mass is 10.2. The van der Waals surface area contributed by atoms with Crippen LogP contribution in [0, 0.1) is 0 Å². The molecule has 0 heterocycles. The van der Waals surface area contributed by atoms with Gasteiger partial charge in [-0.25, -0.2) is 16.8 Å². The third kappa shape index (κ3) is 6.80. The van der Waals surface area contributed by atoms with Gasteiger partial charge in [-0.05, 0) is 34.6 Å². The summed E-state index contributed by atoms with van der Waals surface area (Å²) < 4.78 is 162. The molecular formula is C13H22F10N2O4S2. The number of hydrogen-bond donors (Lipinski definition) is 0. The summed E-state index contributed by atoms with van der Waals surface area (Å²) in [6.07, 6.45) is -14.0. The SMILES string of the molecule is CC[N+](CC)(CC)C(C)C.O=S(=O)([N-]S(=O)(=O)C(F)(F)C(F)(F)F)C(F)(F)C(F)(F)F. The molecular weight excluding hydrogens is 502 g/mol. The molecule has 0 N–H and O–H groups in total. The maximum atomic E-state index is 12.3. The molecule has 0 unspecified atom stereocenters. The molecule has 0 aliphatic heterocycles. The van der Waals surface area contributed by atoms with Crippen LogP contribution in [0.25, 0.3) is 4.13 Å². The van der Waals surface area contributed by atoms with Crippen LogP contribution in [0.15, 0.2) is 0 Å². The van der Waals surface area contributed by atoms with Crippen LogP contribution in [0.3, 0.4) is 0 Å². The molecule has 0 saturated heterocycles. The predicted octanol–water partition coefficient (Wildman–Crippen LogP) is 4.60. The van der Waals surface area contributed by atoms with Crippen LogP contribution in [0.4, 0.5) is 43.9 Å². The van der Waals surface area contributed by atoms with Crippen LogP contribution in [-0.2, 0) is 20.0 Å². The van der Waals surface area contributed by atoms with E-state index in [2.05, 4.69) is 34.6 Å². The van der Waals surface area contributed by atoms with Gasteiger partial charge in [0.25, 0.3) is 0 Å². The molecule has 0 spiro atoms. The van der Waals surface area contributed by atoms with E-state index in [4.69, 9.17) is 0 Å². The highest BCUT2D eigenvalue weighted by molar-refractivity contribution is 8.13. The van der Waals surface area contributed by atoms with Crippen molar-refractivity contribution in [2.75, 3.05) is 19.6 Å². The van der Waals surface area contributed by atoms with Crippen LogP contribution in [0.1, 0.15) is 34.6 Å². The Balaban J connectivity index is 0. The fourth-order valence-electron chi connectivity index (χ4n) is 2.28. The second-order valence-corrected chi connectivity index (χ2v) is 9.84. The van der Waals surface area contributed by atoms with Gasteiger partial charge >= 0.3 is 22.9 Å². The summed E-state index contributed by atoms with van der Waals surface area (Å²) in [7, 11) is -15.2. The Morgan fingerprint density at radius 1 is 0.645 bits per heavy atom. The molecule has 0 aromatic heterocycles. The van der Waals surface area contributed by atoms with Crippen LogP contribution in [0.2, 0.25) is 0 Å². The predicted molar refractivity (Wildman–Crippen MR) is 90.2 cm³/mol. The quantitative estimate of drug-likeness (QED) is 0.343. The number of halogens is 10. The Kier molecular flexibility index (Phi) is 10.4. The van der Waals surface area contributed by atoms with Crippen LogP contribution in [0.5, 0.6) is 0 Å². The number of alkyl halides is 10. The average molecular weight is 524 g/mol. The van der Waals surface area contributed by atoms with Crippen molar-refractivity contribution >= 4 is 20.0 Å². The standard InChI is InChI=1S/C9H22N.C4F10NO4S2/c1-6-10(7-2,8-3)9(4)5;5-1(6,7)3(11,12)20(16,17)15-21(18,19)4(13,14)2(8,9)10/h9H,6-8H2,1-5H3;/q+1;-1. The molecule has 0 aliphatic rings. The molecule has 0 aromatic carbocycles. The van der Waals surface area contributed by atoms with E-state index >= 15 is 0 Å². The molecule has 0 fully saturated rings. The summed E-state index contributed by atoms with van der Waals surface area (Å²) >= 11 is 0. The van der Waals surface area contributed by atoms with Gasteiger partial charge in [-0.1, -0.05) is 0 Å². The monoisotopic (exact) mass is 524 g/mol. The van der Waals surface area contributed by atoms with Gasteiger partial charge in [-0.15, -0.1) is 0 Å². The summed E-state index contributed by atoms with van der Waals surface area (Å²) in [6.45, 7) is 15.3. The third-order valence-electron chi connectivity index (χ3n) is 4.49. The fourth-order valence-corrected chi connectivity index (χ4v) is 4.65. The Hall–Kier alpha value is -0.880. The van der Waals surface area contributed by atoms with E-state index in [-0.39, 0.29) is 0 Å². The van der Waals surface area contributed by atoms with Crippen molar-refractivity contribution in [1.29, 1.82) is 0 Å². The Labute approximate surface area is 173 Å². The second kappa shape index (κ2) is 9.94. The average Bonchev–Trinajstić information content (AvgIpc) is 2.54. The zero-order chi connectivity index (χ0) is 25.9. The topological polar surface area (TPSA) is 82.4 Å². The maximum absolute atomic E-state index is 12.3. The van der Waals surface area contributed by atoms with E-state index in [1.165, 1.54) is 24.1 Å². The van der Waals surface area contributed by atoms with Gasteiger partial charge in [0, 0.05) is 0 Å². The first-order valence-electron chi connectivity index (χ1n) is 8.31. The highest BCUT2D eigenvalue weighted by Crippen LogP contribution is 2.47. The van der Waals surface area contributed by atoms with Gasteiger partial charge in [0.15, 0.2) is 20.0 Å². The largest absolute Gasteiger partial charge is 0.467 e. The molecule has 0 radical (unpaired) electrons. The minimum Gasteiger partial charge on any atom is -0.425 e. The minimum atomic E-state index is -7.62. The third-order valence-corrected chi connectivity index (χ3v) is 7.82. The van der Waals surface area contributed by atoms with Crippen molar-refractivity contribution in [2.24, 2.45) is 0 Å². The molecule has 0 rings (SSSR count). The van der Waals surface area contributed by atoms with Gasteiger partial charge in [-0.2, -0.15) is 43.9 Å². The van der Waals surface area contributed by atoms with E-state index in [1.807, 2.05) is 0 Å². The first kappa shape index (κ1) is 32.3. The summed E-state index contributed by atoms with van der Waals surface area (Å²) in [4.78, 5) is 0. The highest BCUT2D eigenvalue weighted by atomic mass is 32.3. The van der Waals surface area contributed by atoms with Crippen molar-refractivity contribution < 1.29 is 65.2 Å². The number of rotatable bonds is 8. The molecule has 31 heavy (non-hydrogen) atoms. The molecule has 0 atom stereocenters. The normalized spacial score (nSPS) is 15.0. The number of quaternary nitrogens is 1. The van der Waals surface area contributed by atoms with E-state index in [9.17, 15) is 60.7 Å². The lowest BCUT2D eigenvalue weighted by Crippen LogP contribution is -2.52. The first-order chi connectivity index (χ1) is 13.3. The molecule has 190 valence electrons. The number of sulfonamides is 2. The van der Waals surface area contributed by atoms with Gasteiger partial charge in [-0.3, -0.25) is 0 Å². The molecule has 0 aliphatic carbocycles. The van der Waals surface area contributed by atoms with Gasteiger partial charge < -0.3 is 8.61 Å². The van der Waals surface area contributed by atoms with Crippen molar-refractivity contribution in [3.05, 3.63) is 4.13 Å². The Bertz CT molecular complexity index is 724. The number of hydrogen-bond acceptors (Lipinski definition) is 4. The van der Waals surface area contributed by atoms with Gasteiger partial charge in [0.1, 0.15) is 0 Å². The summed E-state index contributed by atoms with van der Waals surface area (Å²) in [5.74, 6) is 0. The smallest absolute Gasteiger partial charge is 0.425 e. The first-order valence-corrected chi connectivity index (χ1v) is 11.2. The number of nitrogens with zero attached hydrogens (tertiary/aromatic N) is 2. The van der Waals surface area contributed by atoms with E-state index in [0.29, 0.717) is 4.13 Å². The van der Waals surface area contributed by atoms with E-state index in [1.54, 1.807) is 0 Å². The molecule has 0 aromatic rings. The lowest BCUT2D eigenvalue weighted by Gasteiger charge is -2.39. The zero-order valence-electron chi connectivity index (χ0n) is 16.8. The minimum absolute atomic E-state index is 0.422. The van der Waals surface area contributed by atoms with Crippen molar-refractivity contribution in [1.82, 2.24) is 0 Å². The van der Waals surface area contributed by atoms with E-state index in [0.717, 1.165) is 6.04 Å². The Morgan fingerprint density at radius 3 is 0.968 bits per heavy atom. The van der Waals surface area contributed by atoms with Crippen molar-refractivity contribution in [2.45, 2.75) is 63.5 Å². The zero-order valence-corrected chi connectivity index (χ0v) is 18.5. The highest BCUT2D eigenvalue weighted by Gasteiger charge is 2.68. The van der Waals surface area contributed by atoms with E-state index < -0.39 is 42.9 Å². The van der Waals surface area contributed by atoms with Crippen molar-refractivity contribution in [3.63, 3.8) is 0 Å². The van der Waals surface area contributed by atoms with Crippen LogP contribution in [-0.4, -0.2) is 69.9 Å². The van der Waals surface area contributed by atoms with Gasteiger partial charge in [0.2, 0.25) is 0 Å². The fraction of sp³-hybridized carbons (Fsp3) is 1.00. The maximum Gasteiger partial charge on any atom is 0.467 e. The van der Waals surface area contributed by atoms with Crippen LogP contribution < -0.4 is 0 Å². The molecule has 6 nitrogen and oxygen atoms in total. The van der Waals surface area contributed by atoms with Crippen molar-refractivity contribution in [3.8, 4) is 0 Å². The summed E-state index contributed by atoms with van der Waals surface area (Å²) in [5, 5.41) is -14.0. The molecule has 18 heteroatoms. The summed E-state index contributed by atoms with van der Waals surface area (Å²) in [5.41, 5.74) is 0. The molecule has 0 bridgehead atoms. The second-order valence-electron chi connectivity index (χ2n) is 6.31. The lowest BCUT2D eigenvalue weighted by molar-refractivity contribution is -0.943. The Morgan fingerprint density at radius 2 is 0.871 bits per heavy atom. The summed E-state index contributed by atoms with van der Waals surface area (Å²) in [6, 6.07) is 0.778. The molecule has 0 amide bonds. The molecule has 0 saturated carbocycles. The van der Waals surface area contributed by atoms with Gasteiger partial charge in [0.05, 0.1) is 25.7 Å².